The molecule has 4 rings (SSSR count). The highest BCUT2D eigenvalue weighted by molar-refractivity contribution is 5.85. The summed E-state index contributed by atoms with van der Waals surface area (Å²) in [6, 6.07) is 12.5. The van der Waals surface area contributed by atoms with Crippen LogP contribution in [0.15, 0.2) is 42.5 Å². The largest absolute Gasteiger partial charge is 0.493 e. The molecule has 0 aliphatic carbocycles. The number of benzene rings is 2. The van der Waals surface area contributed by atoms with Crippen LogP contribution in [0.25, 0.3) is 0 Å². The molecule has 0 aromatic heterocycles. The predicted octanol–water partition coefficient (Wildman–Crippen LogP) is 4.33. The van der Waals surface area contributed by atoms with E-state index in [9.17, 15) is 4.39 Å². The standard InChI is InChI=1S/C19H20FNO3.2ClH.H3N/c20-15-3-1-13(2-4-15)17-7-8-21-10-14(17)11-22-16-5-6-18-19(9-16)24-12-23-18;;;/h1-6,9,14,17,21H,7-8,10-12H2;2*1H;1H3/t14-,17-;;;/m0.../s1. The molecule has 0 radical (unpaired) electrons. The third kappa shape index (κ3) is 5.39. The Kier molecular flexibility index (Phi) is 9.12. The van der Waals surface area contributed by atoms with Gasteiger partial charge in [-0.2, -0.15) is 0 Å². The van der Waals surface area contributed by atoms with Crippen molar-refractivity contribution >= 4 is 24.8 Å². The minimum atomic E-state index is -0.194. The SMILES string of the molecule is Cl.Cl.Fc1ccc([C@@H]2CCNC[C@H]2COc2ccc3c(c2)OCO3)cc1.N. The van der Waals surface area contributed by atoms with Crippen LogP contribution < -0.4 is 25.7 Å². The van der Waals surface area contributed by atoms with E-state index in [0.717, 1.165) is 36.8 Å². The minimum absolute atomic E-state index is 0. The van der Waals surface area contributed by atoms with Crippen molar-refractivity contribution in [1.82, 2.24) is 11.5 Å². The average molecular weight is 419 g/mol. The molecule has 2 aromatic rings. The molecule has 150 valence electrons. The van der Waals surface area contributed by atoms with Crippen molar-refractivity contribution in [2.75, 3.05) is 26.5 Å². The van der Waals surface area contributed by atoms with Crippen molar-refractivity contribution in [1.29, 1.82) is 0 Å². The highest BCUT2D eigenvalue weighted by Crippen LogP contribution is 2.36. The molecule has 0 saturated carbocycles. The van der Waals surface area contributed by atoms with E-state index in [1.165, 1.54) is 17.7 Å². The molecule has 8 heteroatoms. The summed E-state index contributed by atoms with van der Waals surface area (Å²) >= 11 is 0. The Morgan fingerprint density at radius 1 is 1.04 bits per heavy atom. The third-order valence-electron chi connectivity index (χ3n) is 4.71. The second-order valence-corrected chi connectivity index (χ2v) is 6.24. The van der Waals surface area contributed by atoms with E-state index in [-0.39, 0.29) is 43.6 Å². The maximum Gasteiger partial charge on any atom is 0.231 e. The molecule has 5 nitrogen and oxygen atoms in total. The molecule has 0 amide bonds. The summed E-state index contributed by atoms with van der Waals surface area (Å²) in [6.45, 7) is 2.74. The summed E-state index contributed by atoms with van der Waals surface area (Å²) in [7, 11) is 0. The maximum atomic E-state index is 13.2. The van der Waals surface area contributed by atoms with E-state index in [0.29, 0.717) is 18.4 Å². The van der Waals surface area contributed by atoms with Crippen LogP contribution in [0.3, 0.4) is 0 Å². The maximum absolute atomic E-state index is 13.2. The van der Waals surface area contributed by atoms with E-state index >= 15 is 0 Å². The topological polar surface area (TPSA) is 74.7 Å². The number of halogens is 3. The van der Waals surface area contributed by atoms with Crippen LogP contribution in [0.4, 0.5) is 4.39 Å². The highest BCUT2D eigenvalue weighted by Gasteiger charge is 2.27. The average Bonchev–Trinajstić information content (AvgIpc) is 3.09. The van der Waals surface area contributed by atoms with Crippen molar-refractivity contribution in [3.05, 3.63) is 53.8 Å². The molecule has 1 fully saturated rings. The van der Waals surface area contributed by atoms with Crippen LogP contribution in [-0.2, 0) is 0 Å². The molecular formula is C19H25Cl2FN2O3. The highest BCUT2D eigenvalue weighted by atomic mass is 35.5. The smallest absolute Gasteiger partial charge is 0.231 e. The van der Waals surface area contributed by atoms with E-state index in [1.54, 1.807) is 0 Å². The Balaban J connectivity index is 0.00000121. The first-order valence-corrected chi connectivity index (χ1v) is 8.28. The Bertz CT molecular complexity index is 719. The zero-order valence-electron chi connectivity index (χ0n) is 14.9. The molecule has 0 bridgehead atoms. The van der Waals surface area contributed by atoms with Gasteiger partial charge in [-0.3, -0.25) is 0 Å². The molecular weight excluding hydrogens is 394 g/mol. The van der Waals surface area contributed by atoms with Gasteiger partial charge in [0.2, 0.25) is 6.79 Å². The molecule has 4 N–H and O–H groups in total. The number of piperidine rings is 1. The van der Waals surface area contributed by atoms with Crippen molar-refractivity contribution in [3.63, 3.8) is 0 Å². The predicted molar refractivity (Wildman–Crippen MR) is 108 cm³/mol. The first-order valence-electron chi connectivity index (χ1n) is 8.28. The molecule has 1 saturated heterocycles. The van der Waals surface area contributed by atoms with E-state index in [2.05, 4.69) is 5.32 Å². The lowest BCUT2D eigenvalue weighted by Crippen LogP contribution is -2.38. The normalized spacial score (nSPS) is 19.9. The van der Waals surface area contributed by atoms with Crippen LogP contribution in [0.1, 0.15) is 17.9 Å². The molecule has 2 heterocycles. The van der Waals surface area contributed by atoms with E-state index in [1.807, 2.05) is 30.3 Å². The number of ether oxygens (including phenoxy) is 3. The lowest BCUT2D eigenvalue weighted by molar-refractivity contribution is 0.173. The van der Waals surface area contributed by atoms with Crippen LogP contribution >= 0.6 is 24.8 Å². The molecule has 2 aliphatic heterocycles. The summed E-state index contributed by atoms with van der Waals surface area (Å²) in [4.78, 5) is 0. The van der Waals surface area contributed by atoms with Gasteiger partial charge in [-0.05, 0) is 48.7 Å². The fourth-order valence-corrected chi connectivity index (χ4v) is 3.42. The van der Waals surface area contributed by atoms with Gasteiger partial charge in [-0.25, -0.2) is 4.39 Å². The zero-order valence-corrected chi connectivity index (χ0v) is 16.5. The van der Waals surface area contributed by atoms with E-state index in [4.69, 9.17) is 14.2 Å². The van der Waals surface area contributed by atoms with Crippen LogP contribution in [0.5, 0.6) is 17.2 Å². The molecule has 27 heavy (non-hydrogen) atoms. The Labute approximate surface area is 171 Å². The van der Waals surface area contributed by atoms with Crippen molar-refractivity contribution in [2.45, 2.75) is 12.3 Å². The second kappa shape index (κ2) is 10.6. The number of fused-ring (bicyclic) bond motifs is 1. The van der Waals surface area contributed by atoms with Crippen molar-refractivity contribution in [3.8, 4) is 17.2 Å². The molecule has 0 unspecified atom stereocenters. The number of hydrogen-bond acceptors (Lipinski definition) is 5. The van der Waals surface area contributed by atoms with Crippen LogP contribution in [-0.4, -0.2) is 26.5 Å². The summed E-state index contributed by atoms with van der Waals surface area (Å²) in [6.07, 6.45) is 1.03. The van der Waals surface area contributed by atoms with Crippen molar-refractivity contribution in [2.24, 2.45) is 5.92 Å². The Morgan fingerprint density at radius 2 is 1.78 bits per heavy atom. The van der Waals surface area contributed by atoms with Gasteiger partial charge in [0.25, 0.3) is 0 Å². The first-order chi connectivity index (χ1) is 11.8. The first kappa shape index (κ1) is 23.3. The summed E-state index contributed by atoms with van der Waals surface area (Å²) in [5.41, 5.74) is 1.18. The summed E-state index contributed by atoms with van der Waals surface area (Å²) in [5.74, 6) is 2.79. The fraction of sp³-hybridized carbons (Fsp3) is 0.368. The lowest BCUT2D eigenvalue weighted by Gasteiger charge is -2.32. The number of hydrogen-bond donors (Lipinski definition) is 2. The summed E-state index contributed by atoms with van der Waals surface area (Å²) in [5, 5.41) is 3.43. The van der Waals surface area contributed by atoms with Gasteiger partial charge in [0.05, 0.1) is 6.61 Å². The Morgan fingerprint density at radius 3 is 2.56 bits per heavy atom. The second-order valence-electron chi connectivity index (χ2n) is 6.24. The van der Waals surface area contributed by atoms with Gasteiger partial charge in [-0.15, -0.1) is 24.8 Å². The minimum Gasteiger partial charge on any atom is -0.493 e. The molecule has 2 atom stereocenters. The van der Waals surface area contributed by atoms with Gasteiger partial charge in [0.15, 0.2) is 11.5 Å². The third-order valence-corrected chi connectivity index (χ3v) is 4.71. The van der Waals surface area contributed by atoms with Crippen LogP contribution in [0.2, 0.25) is 0 Å². The zero-order chi connectivity index (χ0) is 16.4. The van der Waals surface area contributed by atoms with E-state index < -0.39 is 0 Å². The monoisotopic (exact) mass is 418 g/mol. The number of nitrogens with one attached hydrogen (secondary N) is 1. The molecule has 0 spiro atoms. The molecule has 2 aliphatic rings. The van der Waals surface area contributed by atoms with Gasteiger partial charge >= 0.3 is 0 Å². The van der Waals surface area contributed by atoms with Gasteiger partial charge < -0.3 is 25.7 Å². The molecule has 2 aromatic carbocycles. The van der Waals surface area contributed by atoms with Crippen molar-refractivity contribution < 1.29 is 18.6 Å². The van der Waals surface area contributed by atoms with Gasteiger partial charge in [-0.1, -0.05) is 12.1 Å². The Hall–Kier alpha value is -1.73. The van der Waals surface area contributed by atoms with Gasteiger partial charge in [0.1, 0.15) is 11.6 Å². The van der Waals surface area contributed by atoms with Gasteiger partial charge in [0, 0.05) is 18.5 Å². The quantitative estimate of drug-likeness (QED) is 0.772. The number of rotatable bonds is 4. The van der Waals surface area contributed by atoms with Crippen LogP contribution in [0, 0.1) is 11.7 Å². The fourth-order valence-electron chi connectivity index (χ4n) is 3.42. The summed E-state index contributed by atoms with van der Waals surface area (Å²) < 4.78 is 29.9. The lowest BCUT2D eigenvalue weighted by atomic mass is 9.81.